The average Bonchev–Trinajstić information content (AvgIpc) is 2.94. The SMILES string of the molecule is O=C(Oc1ccc2c(c1)CCN(C1CCCCC1)C2Cc1ccc(OCCC2CCCCN2)cc1)C(F)(F)F. The maximum atomic E-state index is 12.7. The normalized spacial score (nSPS) is 22.7. The maximum absolute atomic E-state index is 12.7. The van der Waals surface area contributed by atoms with Gasteiger partial charge in [0.2, 0.25) is 0 Å². The number of benzene rings is 2. The molecule has 5 nitrogen and oxygen atoms in total. The molecule has 8 heteroatoms. The molecular weight excluding hydrogens is 505 g/mol. The highest BCUT2D eigenvalue weighted by atomic mass is 19.4. The summed E-state index contributed by atoms with van der Waals surface area (Å²) in [6.45, 7) is 2.64. The number of hydrogen-bond donors (Lipinski definition) is 1. The average molecular weight is 545 g/mol. The number of carbonyl (C=O) groups excluding carboxylic acids is 1. The van der Waals surface area contributed by atoms with E-state index in [1.54, 1.807) is 6.07 Å². The van der Waals surface area contributed by atoms with Gasteiger partial charge < -0.3 is 14.8 Å². The van der Waals surface area contributed by atoms with Gasteiger partial charge in [-0.3, -0.25) is 4.90 Å². The van der Waals surface area contributed by atoms with Crippen molar-refractivity contribution in [2.24, 2.45) is 0 Å². The molecule has 2 aliphatic heterocycles. The minimum Gasteiger partial charge on any atom is -0.494 e. The lowest BCUT2D eigenvalue weighted by molar-refractivity contribution is -0.189. The number of carbonyl (C=O) groups is 1. The fraction of sp³-hybridized carbons (Fsp3) is 0.581. The number of rotatable bonds is 8. The van der Waals surface area contributed by atoms with Gasteiger partial charge in [0, 0.05) is 24.7 Å². The van der Waals surface area contributed by atoms with Crippen LogP contribution in [0.3, 0.4) is 0 Å². The van der Waals surface area contributed by atoms with E-state index in [9.17, 15) is 18.0 Å². The summed E-state index contributed by atoms with van der Waals surface area (Å²) in [6.07, 6.45) is 7.38. The second-order valence-corrected chi connectivity index (χ2v) is 11.2. The van der Waals surface area contributed by atoms with E-state index < -0.39 is 12.1 Å². The van der Waals surface area contributed by atoms with Crippen molar-refractivity contribution in [3.63, 3.8) is 0 Å². The fourth-order valence-electron chi connectivity index (χ4n) is 6.45. The highest BCUT2D eigenvalue weighted by molar-refractivity contribution is 5.78. The maximum Gasteiger partial charge on any atom is 0.491 e. The molecule has 2 unspecified atom stereocenters. The molecule has 39 heavy (non-hydrogen) atoms. The lowest BCUT2D eigenvalue weighted by Crippen LogP contribution is -2.44. The molecule has 0 aromatic heterocycles. The third kappa shape index (κ3) is 7.34. The van der Waals surface area contributed by atoms with Gasteiger partial charge in [-0.25, -0.2) is 4.79 Å². The zero-order chi connectivity index (χ0) is 27.2. The topological polar surface area (TPSA) is 50.8 Å². The third-order valence-electron chi connectivity index (χ3n) is 8.50. The second kappa shape index (κ2) is 12.7. The molecule has 2 atom stereocenters. The molecule has 1 saturated heterocycles. The molecule has 2 fully saturated rings. The zero-order valence-corrected chi connectivity index (χ0v) is 22.5. The van der Waals surface area contributed by atoms with Crippen LogP contribution in [0.1, 0.15) is 80.5 Å². The van der Waals surface area contributed by atoms with Crippen molar-refractivity contribution >= 4 is 5.97 Å². The second-order valence-electron chi connectivity index (χ2n) is 11.2. The number of esters is 1. The van der Waals surface area contributed by atoms with Gasteiger partial charge in [-0.2, -0.15) is 13.2 Å². The number of piperidine rings is 1. The molecule has 1 aliphatic carbocycles. The summed E-state index contributed by atoms with van der Waals surface area (Å²) >= 11 is 0. The zero-order valence-electron chi connectivity index (χ0n) is 22.5. The monoisotopic (exact) mass is 544 g/mol. The molecular formula is C31H39F3N2O3. The number of nitrogens with one attached hydrogen (secondary N) is 1. The highest BCUT2D eigenvalue weighted by Gasteiger charge is 2.41. The van der Waals surface area contributed by atoms with Gasteiger partial charge in [0.05, 0.1) is 6.61 Å². The van der Waals surface area contributed by atoms with Gasteiger partial charge in [0.1, 0.15) is 11.5 Å². The van der Waals surface area contributed by atoms with Crippen molar-refractivity contribution in [1.29, 1.82) is 0 Å². The van der Waals surface area contributed by atoms with Crippen LogP contribution in [0, 0.1) is 0 Å². The van der Waals surface area contributed by atoms with Gasteiger partial charge in [-0.1, -0.05) is 43.9 Å². The molecule has 0 amide bonds. The summed E-state index contributed by atoms with van der Waals surface area (Å²) in [5, 5.41) is 3.56. The molecule has 0 spiro atoms. The van der Waals surface area contributed by atoms with Crippen LogP contribution < -0.4 is 14.8 Å². The van der Waals surface area contributed by atoms with Crippen LogP contribution in [-0.2, 0) is 17.6 Å². The van der Waals surface area contributed by atoms with E-state index in [1.807, 2.05) is 18.2 Å². The van der Waals surface area contributed by atoms with Gasteiger partial charge in [-0.15, -0.1) is 0 Å². The number of hydrogen-bond acceptors (Lipinski definition) is 5. The van der Waals surface area contributed by atoms with E-state index in [0.29, 0.717) is 18.7 Å². The molecule has 5 rings (SSSR count). The third-order valence-corrected chi connectivity index (χ3v) is 8.50. The Balaban J connectivity index is 1.28. The summed E-state index contributed by atoms with van der Waals surface area (Å²) in [4.78, 5) is 14.0. The first kappa shape index (κ1) is 28.0. The van der Waals surface area contributed by atoms with Crippen molar-refractivity contribution in [2.75, 3.05) is 19.7 Å². The van der Waals surface area contributed by atoms with Crippen molar-refractivity contribution in [3.8, 4) is 11.5 Å². The predicted octanol–water partition coefficient (Wildman–Crippen LogP) is 6.54. The van der Waals surface area contributed by atoms with E-state index in [1.165, 1.54) is 63.0 Å². The molecule has 1 N–H and O–H groups in total. The quantitative estimate of drug-likeness (QED) is 0.302. The molecule has 2 aromatic carbocycles. The summed E-state index contributed by atoms with van der Waals surface area (Å²) in [5.74, 6) is -1.36. The van der Waals surface area contributed by atoms with Crippen LogP contribution in [0.2, 0.25) is 0 Å². The van der Waals surface area contributed by atoms with Crippen LogP contribution >= 0.6 is 0 Å². The predicted molar refractivity (Wildman–Crippen MR) is 144 cm³/mol. The summed E-state index contributed by atoms with van der Waals surface area (Å²) in [7, 11) is 0. The lowest BCUT2D eigenvalue weighted by atomic mass is 9.84. The van der Waals surface area contributed by atoms with E-state index >= 15 is 0 Å². The minimum atomic E-state index is -5.02. The van der Waals surface area contributed by atoms with Crippen molar-refractivity contribution in [2.45, 2.75) is 94.9 Å². The first-order valence-electron chi connectivity index (χ1n) is 14.5. The Morgan fingerprint density at radius 2 is 1.69 bits per heavy atom. The first-order valence-corrected chi connectivity index (χ1v) is 14.5. The van der Waals surface area contributed by atoms with Gasteiger partial charge in [0.15, 0.2) is 0 Å². The summed E-state index contributed by atoms with van der Waals surface area (Å²) < 4.78 is 48.8. The Kier molecular flexibility index (Phi) is 9.13. The Morgan fingerprint density at radius 3 is 2.41 bits per heavy atom. The smallest absolute Gasteiger partial charge is 0.491 e. The number of halogens is 3. The van der Waals surface area contributed by atoms with Gasteiger partial charge in [0.25, 0.3) is 0 Å². The molecule has 0 bridgehead atoms. The Labute approximate surface area is 229 Å². The Hall–Kier alpha value is -2.58. The van der Waals surface area contributed by atoms with E-state index in [0.717, 1.165) is 49.2 Å². The Morgan fingerprint density at radius 1 is 0.949 bits per heavy atom. The van der Waals surface area contributed by atoms with Crippen LogP contribution in [0.4, 0.5) is 13.2 Å². The van der Waals surface area contributed by atoms with Gasteiger partial charge >= 0.3 is 12.1 Å². The molecule has 212 valence electrons. The number of fused-ring (bicyclic) bond motifs is 1. The standard InChI is InChI=1S/C31H39F3N2O3/c32-31(33,34)30(37)39-27-13-14-28-23(21-27)15-18-36(25-7-2-1-3-8-25)29(28)20-22-9-11-26(12-10-22)38-19-16-24-6-4-5-17-35-24/h9-14,21,24-25,29,35H,1-8,15-20H2. The Bertz CT molecular complexity index is 1090. The molecule has 2 heterocycles. The van der Waals surface area contributed by atoms with Crippen molar-refractivity contribution in [3.05, 3.63) is 59.2 Å². The first-order chi connectivity index (χ1) is 18.9. The molecule has 1 saturated carbocycles. The highest BCUT2D eigenvalue weighted by Crippen LogP contribution is 2.39. The summed E-state index contributed by atoms with van der Waals surface area (Å²) in [6, 6.07) is 14.5. The van der Waals surface area contributed by atoms with Crippen LogP contribution in [-0.4, -0.2) is 48.8 Å². The van der Waals surface area contributed by atoms with Crippen molar-refractivity contribution in [1.82, 2.24) is 10.2 Å². The van der Waals surface area contributed by atoms with E-state index in [2.05, 4.69) is 27.1 Å². The van der Waals surface area contributed by atoms with E-state index in [-0.39, 0.29) is 11.8 Å². The van der Waals surface area contributed by atoms with Crippen LogP contribution in [0.5, 0.6) is 11.5 Å². The lowest BCUT2D eigenvalue weighted by Gasteiger charge is -2.44. The summed E-state index contributed by atoms with van der Waals surface area (Å²) in [5.41, 5.74) is 3.26. The van der Waals surface area contributed by atoms with Crippen molar-refractivity contribution < 1.29 is 27.4 Å². The largest absolute Gasteiger partial charge is 0.494 e. The number of nitrogens with zero attached hydrogens (tertiary/aromatic N) is 1. The minimum absolute atomic E-state index is 0.0501. The van der Waals surface area contributed by atoms with Crippen LogP contribution in [0.25, 0.3) is 0 Å². The fourth-order valence-corrected chi connectivity index (χ4v) is 6.45. The molecule has 0 radical (unpaired) electrons. The van der Waals surface area contributed by atoms with E-state index in [4.69, 9.17) is 4.74 Å². The number of ether oxygens (including phenoxy) is 2. The number of alkyl halides is 3. The molecule has 3 aliphatic rings. The van der Waals surface area contributed by atoms with Gasteiger partial charge in [-0.05, 0) is 92.4 Å². The molecule has 2 aromatic rings. The van der Waals surface area contributed by atoms with Crippen LogP contribution in [0.15, 0.2) is 42.5 Å².